The minimum atomic E-state index is -0.0602. The lowest BCUT2D eigenvalue weighted by Gasteiger charge is -2.15. The van der Waals surface area contributed by atoms with Gasteiger partial charge in [0.05, 0.1) is 0 Å². The van der Waals surface area contributed by atoms with E-state index in [1.807, 2.05) is 11.9 Å². The molecule has 0 aromatic rings. The van der Waals surface area contributed by atoms with Crippen molar-refractivity contribution in [2.24, 2.45) is 0 Å². The SMILES string of the molecule is CN1CCCC1OOO. The molecule has 0 amide bonds. The molecule has 0 aliphatic carbocycles. The van der Waals surface area contributed by atoms with E-state index in [0.29, 0.717) is 0 Å². The molecule has 0 radical (unpaired) electrons. The summed E-state index contributed by atoms with van der Waals surface area (Å²) in [5, 5.41) is 11.5. The van der Waals surface area contributed by atoms with Crippen molar-refractivity contribution in [3.05, 3.63) is 0 Å². The summed E-state index contributed by atoms with van der Waals surface area (Å²) in [5.74, 6) is 0. The average Bonchev–Trinajstić information content (AvgIpc) is 2.18. The van der Waals surface area contributed by atoms with Crippen molar-refractivity contribution >= 4 is 0 Å². The molecule has 1 unspecified atom stereocenters. The first-order valence-corrected chi connectivity index (χ1v) is 3.01. The van der Waals surface area contributed by atoms with Gasteiger partial charge in [0.1, 0.15) is 6.23 Å². The Hall–Kier alpha value is -0.160. The van der Waals surface area contributed by atoms with Gasteiger partial charge in [-0.15, -0.1) is 0 Å². The monoisotopic (exact) mass is 133 g/mol. The zero-order chi connectivity index (χ0) is 6.69. The van der Waals surface area contributed by atoms with Gasteiger partial charge in [-0.3, -0.25) is 4.90 Å². The van der Waals surface area contributed by atoms with E-state index < -0.39 is 0 Å². The summed E-state index contributed by atoms with van der Waals surface area (Å²) in [6, 6.07) is 0. The number of likely N-dealkylation sites (tertiary alicyclic amines) is 1. The van der Waals surface area contributed by atoms with Crippen molar-refractivity contribution in [1.82, 2.24) is 4.90 Å². The topological polar surface area (TPSA) is 41.9 Å². The highest BCUT2D eigenvalue weighted by Crippen LogP contribution is 2.14. The third-order valence-electron chi connectivity index (χ3n) is 1.61. The van der Waals surface area contributed by atoms with Gasteiger partial charge in [-0.25, -0.2) is 5.26 Å². The van der Waals surface area contributed by atoms with Gasteiger partial charge in [-0.05, 0) is 19.9 Å². The van der Waals surface area contributed by atoms with Gasteiger partial charge >= 0.3 is 0 Å². The third kappa shape index (κ3) is 1.62. The van der Waals surface area contributed by atoms with Crippen molar-refractivity contribution in [3.63, 3.8) is 0 Å². The second-order valence-electron chi connectivity index (χ2n) is 2.25. The van der Waals surface area contributed by atoms with Crippen LogP contribution in [0, 0.1) is 0 Å². The summed E-state index contributed by atoms with van der Waals surface area (Å²) in [6.07, 6.45) is 1.97. The predicted molar refractivity (Wildman–Crippen MR) is 30.5 cm³/mol. The van der Waals surface area contributed by atoms with Gasteiger partial charge in [0, 0.05) is 6.54 Å². The molecule has 0 aromatic heterocycles. The van der Waals surface area contributed by atoms with Crippen molar-refractivity contribution in [2.45, 2.75) is 19.1 Å². The largest absolute Gasteiger partial charge is 0.279 e. The zero-order valence-corrected chi connectivity index (χ0v) is 5.41. The van der Waals surface area contributed by atoms with Crippen LogP contribution in [-0.4, -0.2) is 30.0 Å². The van der Waals surface area contributed by atoms with E-state index in [9.17, 15) is 0 Å². The van der Waals surface area contributed by atoms with E-state index in [0.717, 1.165) is 19.4 Å². The Labute approximate surface area is 53.8 Å². The highest BCUT2D eigenvalue weighted by atomic mass is 17.5. The zero-order valence-electron chi connectivity index (χ0n) is 5.41. The Morgan fingerprint density at radius 2 is 2.44 bits per heavy atom. The van der Waals surface area contributed by atoms with Gasteiger partial charge in [-0.1, -0.05) is 5.04 Å². The van der Waals surface area contributed by atoms with Crippen molar-refractivity contribution in [2.75, 3.05) is 13.6 Å². The Morgan fingerprint density at radius 1 is 1.67 bits per heavy atom. The van der Waals surface area contributed by atoms with Crippen molar-refractivity contribution < 1.29 is 15.2 Å². The van der Waals surface area contributed by atoms with E-state index in [1.165, 1.54) is 0 Å². The molecule has 1 heterocycles. The number of hydrogen-bond acceptors (Lipinski definition) is 4. The minimum Gasteiger partial charge on any atom is -0.279 e. The molecule has 0 saturated carbocycles. The first kappa shape index (κ1) is 6.95. The highest BCUT2D eigenvalue weighted by molar-refractivity contribution is 4.66. The smallest absolute Gasteiger partial charge is 0.149 e. The Balaban J connectivity index is 2.22. The number of rotatable bonds is 2. The van der Waals surface area contributed by atoms with Crippen LogP contribution in [0.2, 0.25) is 0 Å². The van der Waals surface area contributed by atoms with Gasteiger partial charge in [0.25, 0.3) is 0 Å². The van der Waals surface area contributed by atoms with Crippen molar-refractivity contribution in [3.8, 4) is 0 Å². The van der Waals surface area contributed by atoms with Gasteiger partial charge < -0.3 is 0 Å². The van der Waals surface area contributed by atoms with Crippen LogP contribution in [-0.2, 0) is 9.93 Å². The molecule has 54 valence electrons. The van der Waals surface area contributed by atoms with E-state index >= 15 is 0 Å². The highest BCUT2D eigenvalue weighted by Gasteiger charge is 2.22. The summed E-state index contributed by atoms with van der Waals surface area (Å²) in [6.45, 7) is 1.01. The van der Waals surface area contributed by atoms with Gasteiger partial charge in [0.15, 0.2) is 0 Å². The van der Waals surface area contributed by atoms with Gasteiger partial charge in [0.2, 0.25) is 0 Å². The van der Waals surface area contributed by atoms with Gasteiger partial charge in [-0.2, -0.15) is 4.89 Å². The molecule has 1 N–H and O–H groups in total. The second kappa shape index (κ2) is 3.12. The van der Waals surface area contributed by atoms with Crippen LogP contribution in [0.4, 0.5) is 0 Å². The fourth-order valence-corrected chi connectivity index (χ4v) is 1.05. The van der Waals surface area contributed by atoms with Crippen LogP contribution >= 0.6 is 0 Å². The van der Waals surface area contributed by atoms with Crippen molar-refractivity contribution in [1.29, 1.82) is 0 Å². The summed E-state index contributed by atoms with van der Waals surface area (Å²) in [5.41, 5.74) is 0. The standard InChI is InChI=1S/C5H11NO3/c1-6-4-2-3-5(6)8-9-7/h5,7H,2-4H2,1H3. The second-order valence-corrected chi connectivity index (χ2v) is 2.25. The lowest BCUT2D eigenvalue weighted by Crippen LogP contribution is -2.27. The molecule has 1 aliphatic rings. The molecule has 1 fully saturated rings. The Morgan fingerprint density at radius 3 is 2.89 bits per heavy atom. The van der Waals surface area contributed by atoms with Crippen LogP contribution in [0.15, 0.2) is 0 Å². The van der Waals surface area contributed by atoms with Crippen LogP contribution in [0.5, 0.6) is 0 Å². The van der Waals surface area contributed by atoms with E-state index in [4.69, 9.17) is 5.26 Å². The molecular weight excluding hydrogens is 122 g/mol. The fraction of sp³-hybridized carbons (Fsp3) is 1.00. The summed E-state index contributed by atoms with van der Waals surface area (Å²) >= 11 is 0. The summed E-state index contributed by atoms with van der Waals surface area (Å²) < 4.78 is 0. The lowest BCUT2D eigenvalue weighted by atomic mass is 10.4. The average molecular weight is 133 g/mol. The van der Waals surface area contributed by atoms with E-state index in [-0.39, 0.29) is 6.23 Å². The Kier molecular flexibility index (Phi) is 2.41. The molecule has 0 bridgehead atoms. The van der Waals surface area contributed by atoms with E-state index in [1.54, 1.807) is 0 Å². The third-order valence-corrected chi connectivity index (χ3v) is 1.61. The normalized spacial score (nSPS) is 29.3. The van der Waals surface area contributed by atoms with Crippen LogP contribution in [0.3, 0.4) is 0 Å². The molecule has 1 rings (SSSR count). The first-order chi connectivity index (χ1) is 4.34. The molecule has 4 nitrogen and oxygen atoms in total. The minimum absolute atomic E-state index is 0.0602. The summed E-state index contributed by atoms with van der Waals surface area (Å²) in [4.78, 5) is 6.48. The van der Waals surface area contributed by atoms with Crippen LogP contribution in [0.25, 0.3) is 0 Å². The fourth-order valence-electron chi connectivity index (χ4n) is 1.05. The predicted octanol–water partition coefficient (Wildman–Crippen LogP) is 0.459. The molecule has 0 aromatic carbocycles. The molecule has 1 aliphatic heterocycles. The molecule has 0 spiro atoms. The molecule has 1 saturated heterocycles. The quantitative estimate of drug-likeness (QED) is 0.439. The molecule has 9 heavy (non-hydrogen) atoms. The van der Waals surface area contributed by atoms with Crippen LogP contribution < -0.4 is 0 Å². The number of nitrogens with zero attached hydrogens (tertiary/aromatic N) is 1. The van der Waals surface area contributed by atoms with E-state index in [2.05, 4.69) is 9.93 Å². The van der Waals surface area contributed by atoms with Crippen LogP contribution in [0.1, 0.15) is 12.8 Å². The first-order valence-electron chi connectivity index (χ1n) is 3.01. The maximum atomic E-state index is 7.90. The molecule has 1 atom stereocenters. The Bertz CT molecular complexity index is 88.3. The molecular formula is C5H11NO3. The number of hydrogen-bond donors (Lipinski definition) is 1. The lowest BCUT2D eigenvalue weighted by molar-refractivity contribution is -0.515. The maximum Gasteiger partial charge on any atom is 0.149 e. The summed E-state index contributed by atoms with van der Waals surface area (Å²) in [7, 11) is 1.93. The molecule has 4 heteroatoms. The maximum absolute atomic E-state index is 7.90.